The maximum Gasteiger partial charge on any atom is 0.162 e. The molecule has 2 aromatic carbocycles. The van der Waals surface area contributed by atoms with Gasteiger partial charge in [0.15, 0.2) is 11.6 Å². The summed E-state index contributed by atoms with van der Waals surface area (Å²) in [6.45, 7) is 3.85. The number of para-hydroxylation sites is 1. The van der Waals surface area contributed by atoms with Gasteiger partial charge in [0.05, 0.1) is 6.10 Å². The van der Waals surface area contributed by atoms with Crippen molar-refractivity contribution in [1.82, 2.24) is 0 Å². The predicted molar refractivity (Wildman–Crippen MR) is 79.2 cm³/mol. The van der Waals surface area contributed by atoms with E-state index in [1.165, 1.54) is 6.07 Å². The lowest BCUT2D eigenvalue weighted by molar-refractivity contribution is 0.238. The van der Waals surface area contributed by atoms with Gasteiger partial charge in [0, 0.05) is 11.6 Å². The fourth-order valence-electron chi connectivity index (χ4n) is 2.20. The molecule has 0 heterocycles. The largest absolute Gasteiger partial charge is 0.491 e. The van der Waals surface area contributed by atoms with Crippen molar-refractivity contribution >= 4 is 0 Å². The fourth-order valence-corrected chi connectivity index (χ4v) is 2.20. The van der Waals surface area contributed by atoms with Crippen LogP contribution in [0.1, 0.15) is 31.0 Å². The molecule has 1 unspecified atom stereocenters. The first kappa shape index (κ1) is 15.4. The molecule has 4 heteroatoms. The van der Waals surface area contributed by atoms with Crippen LogP contribution in [0.2, 0.25) is 0 Å². The van der Waals surface area contributed by atoms with E-state index in [1.807, 2.05) is 38.1 Å². The average Bonchev–Trinajstić information content (AvgIpc) is 2.44. The number of hydrogen-bond acceptors (Lipinski definition) is 2. The van der Waals surface area contributed by atoms with E-state index in [2.05, 4.69) is 0 Å². The second kappa shape index (κ2) is 6.68. The van der Waals surface area contributed by atoms with E-state index in [9.17, 15) is 8.78 Å². The zero-order chi connectivity index (χ0) is 15.4. The van der Waals surface area contributed by atoms with Gasteiger partial charge in [0.1, 0.15) is 5.75 Å². The molecule has 0 amide bonds. The zero-order valence-electron chi connectivity index (χ0n) is 12.1. The van der Waals surface area contributed by atoms with Crippen LogP contribution in [0.25, 0.3) is 0 Å². The van der Waals surface area contributed by atoms with Gasteiger partial charge >= 0.3 is 0 Å². The van der Waals surface area contributed by atoms with Crippen LogP contribution in [0.3, 0.4) is 0 Å². The summed E-state index contributed by atoms with van der Waals surface area (Å²) in [5.74, 6) is -1.02. The summed E-state index contributed by atoms with van der Waals surface area (Å²) in [6.07, 6.45) is 0.228. The van der Waals surface area contributed by atoms with Gasteiger partial charge in [-0.05, 0) is 38.0 Å². The number of halogens is 2. The van der Waals surface area contributed by atoms with Crippen molar-refractivity contribution in [1.29, 1.82) is 0 Å². The van der Waals surface area contributed by atoms with Crippen molar-refractivity contribution in [2.45, 2.75) is 32.4 Å². The smallest absolute Gasteiger partial charge is 0.162 e. The maximum absolute atomic E-state index is 13.7. The van der Waals surface area contributed by atoms with Gasteiger partial charge in [-0.25, -0.2) is 8.78 Å². The van der Waals surface area contributed by atoms with Crippen LogP contribution < -0.4 is 10.5 Å². The lowest BCUT2D eigenvalue weighted by Gasteiger charge is -2.19. The standard InChI is InChI=1S/C17H19F2NO/c1-11(2)21-16-9-4-3-7-13(16)15(20)10-12-6-5-8-14(18)17(12)19/h3-9,11,15H,10,20H2,1-2H3. The first-order valence-corrected chi connectivity index (χ1v) is 6.93. The molecule has 0 bridgehead atoms. The Morgan fingerprint density at radius 3 is 2.48 bits per heavy atom. The van der Waals surface area contributed by atoms with Gasteiger partial charge in [0.2, 0.25) is 0 Å². The van der Waals surface area contributed by atoms with Gasteiger partial charge in [-0.3, -0.25) is 0 Å². The minimum atomic E-state index is -0.855. The van der Waals surface area contributed by atoms with E-state index in [0.29, 0.717) is 5.75 Å². The van der Waals surface area contributed by atoms with Crippen LogP contribution in [-0.4, -0.2) is 6.10 Å². The molecule has 21 heavy (non-hydrogen) atoms. The Labute approximate surface area is 123 Å². The summed E-state index contributed by atoms with van der Waals surface area (Å²) in [5.41, 5.74) is 7.21. The highest BCUT2D eigenvalue weighted by Gasteiger charge is 2.16. The highest BCUT2D eigenvalue weighted by atomic mass is 19.2. The molecule has 2 rings (SSSR count). The molecule has 0 aliphatic rings. The highest BCUT2D eigenvalue weighted by molar-refractivity contribution is 5.37. The van der Waals surface area contributed by atoms with Crippen LogP contribution in [0, 0.1) is 11.6 Å². The van der Waals surface area contributed by atoms with Crippen molar-refractivity contribution in [3.8, 4) is 5.75 Å². The molecule has 2 N–H and O–H groups in total. The molecule has 0 fully saturated rings. The lowest BCUT2D eigenvalue weighted by Crippen LogP contribution is -2.17. The third-order valence-electron chi connectivity index (χ3n) is 3.15. The van der Waals surface area contributed by atoms with Crippen molar-refractivity contribution in [3.05, 3.63) is 65.2 Å². The van der Waals surface area contributed by atoms with E-state index in [-0.39, 0.29) is 18.1 Å². The third-order valence-corrected chi connectivity index (χ3v) is 3.15. The van der Waals surface area contributed by atoms with Crippen molar-refractivity contribution < 1.29 is 13.5 Å². The van der Waals surface area contributed by atoms with Gasteiger partial charge < -0.3 is 10.5 Å². The molecule has 112 valence electrons. The number of hydrogen-bond donors (Lipinski definition) is 1. The van der Waals surface area contributed by atoms with Crippen LogP contribution in [0.4, 0.5) is 8.78 Å². The fraction of sp³-hybridized carbons (Fsp3) is 0.294. The summed E-state index contributed by atoms with van der Waals surface area (Å²) in [5, 5.41) is 0. The minimum absolute atomic E-state index is 0.0178. The maximum atomic E-state index is 13.7. The van der Waals surface area contributed by atoms with Crippen LogP contribution in [0.15, 0.2) is 42.5 Å². The topological polar surface area (TPSA) is 35.2 Å². The van der Waals surface area contributed by atoms with E-state index in [0.717, 1.165) is 11.6 Å². The molecule has 0 spiro atoms. The normalized spacial score (nSPS) is 12.5. The summed E-state index contributed by atoms with van der Waals surface area (Å²) in [4.78, 5) is 0. The summed E-state index contributed by atoms with van der Waals surface area (Å²) in [7, 11) is 0. The van der Waals surface area contributed by atoms with Crippen molar-refractivity contribution in [2.75, 3.05) is 0 Å². The average molecular weight is 291 g/mol. The Morgan fingerprint density at radius 2 is 1.76 bits per heavy atom. The lowest BCUT2D eigenvalue weighted by atomic mass is 9.98. The molecule has 0 saturated heterocycles. The van der Waals surface area contributed by atoms with E-state index >= 15 is 0 Å². The summed E-state index contributed by atoms with van der Waals surface area (Å²) in [6, 6.07) is 11.1. The first-order valence-electron chi connectivity index (χ1n) is 6.93. The second-order valence-corrected chi connectivity index (χ2v) is 5.23. The number of nitrogens with two attached hydrogens (primary N) is 1. The molecule has 2 aromatic rings. The monoisotopic (exact) mass is 291 g/mol. The molecule has 0 saturated carbocycles. The van der Waals surface area contributed by atoms with Crippen LogP contribution >= 0.6 is 0 Å². The van der Waals surface area contributed by atoms with Crippen LogP contribution in [0.5, 0.6) is 5.75 Å². The summed E-state index contributed by atoms with van der Waals surface area (Å²) >= 11 is 0. The van der Waals surface area contributed by atoms with Crippen molar-refractivity contribution in [2.24, 2.45) is 5.73 Å². The SMILES string of the molecule is CC(C)Oc1ccccc1C(N)Cc1cccc(F)c1F. The number of rotatable bonds is 5. The Morgan fingerprint density at radius 1 is 1.05 bits per heavy atom. The van der Waals surface area contributed by atoms with Gasteiger partial charge in [-0.2, -0.15) is 0 Å². The highest BCUT2D eigenvalue weighted by Crippen LogP contribution is 2.27. The Kier molecular flexibility index (Phi) is 4.91. The Bertz CT molecular complexity index is 613. The van der Waals surface area contributed by atoms with Gasteiger partial charge in [-0.1, -0.05) is 30.3 Å². The number of benzene rings is 2. The van der Waals surface area contributed by atoms with E-state index in [1.54, 1.807) is 6.07 Å². The molecule has 2 nitrogen and oxygen atoms in total. The quantitative estimate of drug-likeness (QED) is 0.904. The molecule has 0 aromatic heterocycles. The van der Waals surface area contributed by atoms with Crippen LogP contribution in [-0.2, 0) is 6.42 Å². The molecule has 0 aliphatic carbocycles. The zero-order valence-corrected chi connectivity index (χ0v) is 12.1. The Balaban J connectivity index is 2.24. The van der Waals surface area contributed by atoms with E-state index < -0.39 is 17.7 Å². The predicted octanol–water partition coefficient (Wildman–Crippen LogP) is 3.99. The van der Waals surface area contributed by atoms with E-state index in [4.69, 9.17) is 10.5 Å². The third kappa shape index (κ3) is 3.79. The first-order chi connectivity index (χ1) is 9.99. The summed E-state index contributed by atoms with van der Waals surface area (Å²) < 4.78 is 32.7. The molecular formula is C17H19F2NO. The second-order valence-electron chi connectivity index (χ2n) is 5.23. The Hall–Kier alpha value is -1.94. The van der Waals surface area contributed by atoms with Gasteiger partial charge in [-0.15, -0.1) is 0 Å². The van der Waals surface area contributed by atoms with Crippen molar-refractivity contribution in [3.63, 3.8) is 0 Å². The minimum Gasteiger partial charge on any atom is -0.491 e. The molecule has 0 aliphatic heterocycles. The number of ether oxygens (including phenoxy) is 1. The molecule has 0 radical (unpaired) electrons. The van der Waals surface area contributed by atoms with Gasteiger partial charge in [0.25, 0.3) is 0 Å². The molecule has 1 atom stereocenters. The molecular weight excluding hydrogens is 272 g/mol.